The molecule has 0 spiro atoms. The van der Waals surface area contributed by atoms with Gasteiger partial charge in [-0.3, -0.25) is 0 Å². The van der Waals surface area contributed by atoms with Crippen LogP contribution >= 0.6 is 0 Å². The molecule has 0 N–H and O–H groups in total. The summed E-state index contributed by atoms with van der Waals surface area (Å²) in [4.78, 5) is 0. The Morgan fingerprint density at radius 2 is 1.22 bits per heavy atom. The van der Waals surface area contributed by atoms with Crippen LogP contribution in [-0.2, 0) is 0 Å². The molecule has 0 aliphatic heterocycles. The molecule has 0 heteroatoms. The molecule has 0 aromatic heterocycles. The zero-order valence-electron chi connectivity index (χ0n) is 20.2. The number of rotatable bonds is 9. The fourth-order valence-electron chi connectivity index (χ4n) is 5.62. The van der Waals surface area contributed by atoms with Crippen molar-refractivity contribution in [3.05, 3.63) is 0 Å². The van der Waals surface area contributed by atoms with Crippen molar-refractivity contribution in [1.82, 2.24) is 0 Å². The van der Waals surface area contributed by atoms with E-state index in [2.05, 4.69) is 34.6 Å². The third-order valence-corrected chi connectivity index (χ3v) is 8.25. The van der Waals surface area contributed by atoms with Gasteiger partial charge in [0.1, 0.15) is 0 Å². The van der Waals surface area contributed by atoms with Crippen LogP contribution in [0.5, 0.6) is 0 Å². The quantitative estimate of drug-likeness (QED) is 0.374. The van der Waals surface area contributed by atoms with Gasteiger partial charge in [0, 0.05) is 0 Å². The highest BCUT2D eigenvalue weighted by Gasteiger charge is 2.25. The molecule has 0 amide bonds. The van der Waals surface area contributed by atoms with Crippen molar-refractivity contribution < 1.29 is 0 Å². The molecule has 2 aliphatic rings. The van der Waals surface area contributed by atoms with E-state index >= 15 is 0 Å². The third-order valence-electron chi connectivity index (χ3n) is 8.25. The predicted molar refractivity (Wildman–Crippen MR) is 124 cm³/mol. The van der Waals surface area contributed by atoms with Crippen molar-refractivity contribution in [2.24, 2.45) is 41.4 Å². The fourth-order valence-corrected chi connectivity index (χ4v) is 5.62. The average Bonchev–Trinajstić information content (AvgIpc) is 2.68. The Hall–Kier alpha value is 0. The second-order valence-electron chi connectivity index (χ2n) is 10.6. The van der Waals surface area contributed by atoms with E-state index in [-0.39, 0.29) is 0 Å². The lowest BCUT2D eigenvalue weighted by atomic mass is 9.73. The molecule has 0 nitrogen and oxygen atoms in total. The first-order valence-corrected chi connectivity index (χ1v) is 13.0. The van der Waals surface area contributed by atoms with Crippen molar-refractivity contribution >= 4 is 0 Å². The highest BCUT2D eigenvalue weighted by molar-refractivity contribution is 4.76. The molecule has 162 valence electrons. The van der Waals surface area contributed by atoms with E-state index in [0.717, 1.165) is 41.4 Å². The summed E-state index contributed by atoms with van der Waals surface area (Å²) in [7, 11) is 0. The van der Waals surface area contributed by atoms with Crippen LogP contribution in [0.25, 0.3) is 0 Å². The van der Waals surface area contributed by atoms with Gasteiger partial charge in [0.2, 0.25) is 0 Å². The summed E-state index contributed by atoms with van der Waals surface area (Å²) in [6.45, 7) is 16.5. The first kappa shape index (κ1) is 25.0. The maximum Gasteiger partial charge on any atom is -0.0388 e. The largest absolute Gasteiger partial charge is 0.0683 e. The molecule has 5 unspecified atom stereocenters. The van der Waals surface area contributed by atoms with E-state index in [1.165, 1.54) is 83.5 Å². The molecule has 0 bridgehead atoms. The third kappa shape index (κ3) is 9.85. The van der Waals surface area contributed by atoms with Crippen molar-refractivity contribution in [3.8, 4) is 0 Å². The van der Waals surface area contributed by atoms with Gasteiger partial charge in [-0.15, -0.1) is 0 Å². The molecule has 0 radical (unpaired) electrons. The van der Waals surface area contributed by atoms with Crippen molar-refractivity contribution in [3.63, 3.8) is 0 Å². The Morgan fingerprint density at radius 1 is 0.630 bits per heavy atom. The van der Waals surface area contributed by atoms with Crippen LogP contribution in [0.15, 0.2) is 0 Å². The summed E-state index contributed by atoms with van der Waals surface area (Å²) in [5, 5.41) is 0. The van der Waals surface area contributed by atoms with Crippen LogP contribution in [-0.4, -0.2) is 0 Å². The van der Waals surface area contributed by atoms with Gasteiger partial charge in [-0.2, -0.15) is 0 Å². The second kappa shape index (κ2) is 14.1. The summed E-state index contributed by atoms with van der Waals surface area (Å²) in [6.07, 6.45) is 19.4. The van der Waals surface area contributed by atoms with Gasteiger partial charge < -0.3 is 0 Å². The normalized spacial score (nSPS) is 33.7. The molecule has 0 aromatic rings. The van der Waals surface area contributed by atoms with Crippen LogP contribution in [0.1, 0.15) is 132 Å². The maximum absolute atomic E-state index is 2.52. The lowest BCUT2D eigenvalue weighted by Crippen LogP contribution is -2.21. The Bertz CT molecular complexity index is 346. The minimum absolute atomic E-state index is 0.950. The highest BCUT2D eigenvalue weighted by Crippen LogP contribution is 2.37. The molecule has 2 aliphatic carbocycles. The van der Waals surface area contributed by atoms with Gasteiger partial charge >= 0.3 is 0 Å². The van der Waals surface area contributed by atoms with Crippen molar-refractivity contribution in [1.29, 1.82) is 0 Å². The van der Waals surface area contributed by atoms with E-state index in [9.17, 15) is 0 Å². The Kier molecular flexibility index (Phi) is 13.0. The molecule has 27 heavy (non-hydrogen) atoms. The van der Waals surface area contributed by atoms with Crippen LogP contribution in [0, 0.1) is 41.4 Å². The first-order chi connectivity index (χ1) is 13.0. The molecule has 2 rings (SSSR count). The Balaban J connectivity index is 0.00000176. The molecule has 0 aromatic carbocycles. The van der Waals surface area contributed by atoms with Gasteiger partial charge in [-0.05, 0) is 54.3 Å². The smallest absolute Gasteiger partial charge is 0.0388 e. The average molecular weight is 379 g/mol. The topological polar surface area (TPSA) is 0 Å². The Labute approximate surface area is 173 Å². The standard InChI is InChI=1S/C25H48.C2H6/c1-19(12-15-24-16-14-21(3)23(5)18-24)10-11-20(2)13-17-25-9-7-6-8-22(25)4;1-2/h19-25H,6-18H2,1-5H3;1-2H3/t19?,20-,21?,22?,23+,24?,25?;/m0./s1. The zero-order valence-corrected chi connectivity index (χ0v) is 20.2. The molecule has 0 saturated heterocycles. The summed E-state index contributed by atoms with van der Waals surface area (Å²) >= 11 is 0. The van der Waals surface area contributed by atoms with Gasteiger partial charge in [-0.25, -0.2) is 0 Å². The van der Waals surface area contributed by atoms with E-state index in [0.29, 0.717) is 0 Å². The van der Waals surface area contributed by atoms with Crippen molar-refractivity contribution in [2.75, 3.05) is 0 Å². The minimum Gasteiger partial charge on any atom is -0.0683 e. The zero-order chi connectivity index (χ0) is 20.2. The van der Waals surface area contributed by atoms with E-state index in [1.807, 2.05) is 13.8 Å². The lowest BCUT2D eigenvalue weighted by Gasteiger charge is -2.32. The molecule has 7 atom stereocenters. The fraction of sp³-hybridized carbons (Fsp3) is 1.00. The van der Waals surface area contributed by atoms with Gasteiger partial charge in [-0.1, -0.05) is 119 Å². The summed E-state index contributed by atoms with van der Waals surface area (Å²) < 4.78 is 0. The van der Waals surface area contributed by atoms with Crippen LogP contribution < -0.4 is 0 Å². The van der Waals surface area contributed by atoms with Gasteiger partial charge in [0.25, 0.3) is 0 Å². The SMILES string of the molecule is CC.CC(CCC1CCC(C)[C@H](C)C1)CC[C@H](C)CCC1CCCCC1C. The van der Waals surface area contributed by atoms with Crippen LogP contribution in [0.3, 0.4) is 0 Å². The van der Waals surface area contributed by atoms with E-state index in [4.69, 9.17) is 0 Å². The molecule has 0 heterocycles. The predicted octanol–water partition coefficient (Wildman–Crippen LogP) is 9.52. The summed E-state index contributed by atoms with van der Waals surface area (Å²) in [6, 6.07) is 0. The summed E-state index contributed by atoms with van der Waals surface area (Å²) in [5.41, 5.74) is 0. The Morgan fingerprint density at radius 3 is 1.81 bits per heavy atom. The monoisotopic (exact) mass is 378 g/mol. The molecular weight excluding hydrogens is 324 g/mol. The van der Waals surface area contributed by atoms with E-state index in [1.54, 1.807) is 0 Å². The number of hydrogen-bond acceptors (Lipinski definition) is 0. The van der Waals surface area contributed by atoms with Crippen LogP contribution in [0.4, 0.5) is 0 Å². The first-order valence-electron chi connectivity index (χ1n) is 13.0. The van der Waals surface area contributed by atoms with Gasteiger partial charge in [0.15, 0.2) is 0 Å². The van der Waals surface area contributed by atoms with E-state index < -0.39 is 0 Å². The minimum atomic E-state index is 0.950. The highest BCUT2D eigenvalue weighted by atomic mass is 14.3. The molecular formula is C27H54. The van der Waals surface area contributed by atoms with Gasteiger partial charge in [0.05, 0.1) is 0 Å². The molecule has 2 saturated carbocycles. The number of hydrogen-bond donors (Lipinski definition) is 0. The lowest BCUT2D eigenvalue weighted by molar-refractivity contribution is 0.191. The molecule has 2 fully saturated rings. The second-order valence-corrected chi connectivity index (χ2v) is 10.6. The maximum atomic E-state index is 2.52. The summed E-state index contributed by atoms with van der Waals surface area (Å²) in [5.74, 6) is 6.93. The van der Waals surface area contributed by atoms with Crippen molar-refractivity contribution in [2.45, 2.75) is 132 Å². The van der Waals surface area contributed by atoms with Crippen LogP contribution in [0.2, 0.25) is 0 Å².